The number of nitrogens with one attached hydrogen (secondary N) is 2. The molecule has 0 radical (unpaired) electrons. The van der Waals surface area contributed by atoms with Crippen LogP contribution in [0.3, 0.4) is 0 Å². The summed E-state index contributed by atoms with van der Waals surface area (Å²) in [6.45, 7) is 2.54. The van der Waals surface area contributed by atoms with Gasteiger partial charge in [-0.25, -0.2) is 0 Å². The van der Waals surface area contributed by atoms with Crippen molar-refractivity contribution in [3.05, 3.63) is 52.5 Å². The summed E-state index contributed by atoms with van der Waals surface area (Å²) in [4.78, 5) is 12.6. The van der Waals surface area contributed by atoms with E-state index in [0.717, 1.165) is 10.9 Å². The molecule has 0 atom stereocenters. The molecule has 5 nitrogen and oxygen atoms in total. The lowest BCUT2D eigenvalue weighted by molar-refractivity contribution is 0.0973. The molecule has 0 saturated carbocycles. The quantitative estimate of drug-likeness (QED) is 0.676. The summed E-state index contributed by atoms with van der Waals surface area (Å²) in [6, 6.07) is 12.6. The van der Waals surface area contributed by atoms with Gasteiger partial charge in [0, 0.05) is 4.47 Å². The maximum atomic E-state index is 12.6. The normalized spacial score (nSPS) is 10.0. The largest absolute Gasteiger partial charge is 0.495 e. The van der Waals surface area contributed by atoms with E-state index < -0.39 is 0 Å². The van der Waals surface area contributed by atoms with Gasteiger partial charge in [-0.1, -0.05) is 35.0 Å². The van der Waals surface area contributed by atoms with Crippen molar-refractivity contribution in [2.45, 2.75) is 13.3 Å². The molecule has 132 valence electrons. The monoisotopic (exact) mass is 422 g/mol. The summed E-state index contributed by atoms with van der Waals surface area (Å²) in [5.41, 5.74) is 1.08. The predicted octanol–water partition coefficient (Wildman–Crippen LogP) is 4.37. The van der Waals surface area contributed by atoms with Crippen LogP contribution in [0.2, 0.25) is 0 Å². The van der Waals surface area contributed by atoms with Crippen molar-refractivity contribution in [1.29, 1.82) is 0 Å². The Morgan fingerprint density at radius 2 is 1.96 bits per heavy atom. The maximum absolute atomic E-state index is 12.6. The van der Waals surface area contributed by atoms with E-state index >= 15 is 0 Å². The Balaban J connectivity index is 2.11. The SMILES string of the molecule is CCCOc1ccc(Br)cc1C(=O)NC(=S)Nc1ccccc1OC. The highest BCUT2D eigenvalue weighted by molar-refractivity contribution is 9.10. The van der Waals surface area contributed by atoms with Gasteiger partial charge in [-0.05, 0) is 49.0 Å². The van der Waals surface area contributed by atoms with Crippen molar-refractivity contribution >= 4 is 44.9 Å². The number of halogens is 1. The fourth-order valence-electron chi connectivity index (χ4n) is 2.09. The van der Waals surface area contributed by atoms with E-state index in [1.54, 1.807) is 25.3 Å². The molecular weight excluding hydrogens is 404 g/mol. The number of benzene rings is 2. The molecule has 25 heavy (non-hydrogen) atoms. The van der Waals surface area contributed by atoms with Gasteiger partial charge in [0.1, 0.15) is 11.5 Å². The molecular formula is C18H19BrN2O3S. The van der Waals surface area contributed by atoms with Crippen LogP contribution in [0.1, 0.15) is 23.7 Å². The molecule has 2 aromatic carbocycles. The van der Waals surface area contributed by atoms with Crippen molar-refractivity contribution in [3.8, 4) is 11.5 Å². The minimum absolute atomic E-state index is 0.177. The van der Waals surface area contributed by atoms with Crippen LogP contribution < -0.4 is 20.1 Å². The Bertz CT molecular complexity index is 768. The Labute approximate surface area is 160 Å². The number of ether oxygens (including phenoxy) is 2. The molecule has 0 saturated heterocycles. The molecule has 0 fully saturated rings. The third-order valence-electron chi connectivity index (χ3n) is 3.23. The molecule has 0 aliphatic heterocycles. The molecule has 0 heterocycles. The van der Waals surface area contributed by atoms with Crippen molar-refractivity contribution in [2.24, 2.45) is 0 Å². The van der Waals surface area contributed by atoms with Crippen LogP contribution in [0.5, 0.6) is 11.5 Å². The minimum Gasteiger partial charge on any atom is -0.495 e. The summed E-state index contributed by atoms with van der Waals surface area (Å²) in [5.74, 6) is 0.802. The number of anilines is 1. The summed E-state index contributed by atoms with van der Waals surface area (Å²) < 4.78 is 11.7. The number of hydrogen-bond donors (Lipinski definition) is 2. The van der Waals surface area contributed by atoms with Gasteiger partial charge < -0.3 is 14.8 Å². The molecule has 0 bridgehead atoms. The lowest BCUT2D eigenvalue weighted by atomic mass is 10.2. The number of rotatable bonds is 6. The number of para-hydroxylation sites is 2. The Kier molecular flexibility index (Phi) is 7.21. The van der Waals surface area contributed by atoms with Gasteiger partial charge >= 0.3 is 0 Å². The fourth-order valence-corrected chi connectivity index (χ4v) is 2.65. The zero-order valence-corrected chi connectivity index (χ0v) is 16.4. The minimum atomic E-state index is -0.347. The van der Waals surface area contributed by atoms with E-state index in [4.69, 9.17) is 21.7 Å². The molecule has 0 aliphatic rings. The number of amides is 1. The molecule has 2 rings (SSSR count). The Morgan fingerprint density at radius 3 is 2.68 bits per heavy atom. The average Bonchev–Trinajstić information content (AvgIpc) is 2.61. The van der Waals surface area contributed by atoms with Crippen LogP contribution in [-0.4, -0.2) is 24.7 Å². The number of carbonyl (C=O) groups excluding carboxylic acids is 1. The summed E-state index contributed by atoms with van der Waals surface area (Å²) in [7, 11) is 1.57. The van der Waals surface area contributed by atoms with Crippen LogP contribution in [0.25, 0.3) is 0 Å². The molecule has 2 aromatic rings. The van der Waals surface area contributed by atoms with Crippen molar-refractivity contribution < 1.29 is 14.3 Å². The first-order valence-electron chi connectivity index (χ1n) is 7.72. The molecule has 0 aromatic heterocycles. The third kappa shape index (κ3) is 5.44. The highest BCUT2D eigenvalue weighted by Gasteiger charge is 2.15. The second-order valence-electron chi connectivity index (χ2n) is 5.10. The molecule has 7 heteroatoms. The number of carbonyl (C=O) groups is 1. The summed E-state index contributed by atoms with van der Waals surface area (Å²) >= 11 is 8.60. The highest BCUT2D eigenvalue weighted by atomic mass is 79.9. The Morgan fingerprint density at radius 1 is 1.20 bits per heavy atom. The van der Waals surface area contributed by atoms with Gasteiger partial charge in [0.15, 0.2) is 5.11 Å². The maximum Gasteiger partial charge on any atom is 0.261 e. The highest BCUT2D eigenvalue weighted by Crippen LogP contribution is 2.24. The van der Waals surface area contributed by atoms with E-state index in [-0.39, 0.29) is 11.0 Å². The fraction of sp³-hybridized carbons (Fsp3) is 0.222. The van der Waals surface area contributed by atoms with E-state index in [0.29, 0.717) is 29.4 Å². The second-order valence-corrected chi connectivity index (χ2v) is 6.42. The number of methoxy groups -OCH3 is 1. The number of thiocarbonyl (C=S) groups is 1. The first-order chi connectivity index (χ1) is 12.0. The molecule has 2 N–H and O–H groups in total. The van der Waals surface area contributed by atoms with E-state index in [2.05, 4.69) is 26.6 Å². The van der Waals surface area contributed by atoms with Gasteiger partial charge in [-0.2, -0.15) is 0 Å². The lowest BCUT2D eigenvalue weighted by Crippen LogP contribution is -2.34. The average molecular weight is 423 g/mol. The predicted molar refractivity (Wildman–Crippen MR) is 107 cm³/mol. The van der Waals surface area contributed by atoms with Crippen LogP contribution in [0, 0.1) is 0 Å². The van der Waals surface area contributed by atoms with Crippen molar-refractivity contribution in [1.82, 2.24) is 5.32 Å². The second kappa shape index (κ2) is 9.39. The van der Waals surface area contributed by atoms with Crippen LogP contribution in [0.15, 0.2) is 46.9 Å². The topological polar surface area (TPSA) is 59.6 Å². The molecule has 0 spiro atoms. The lowest BCUT2D eigenvalue weighted by Gasteiger charge is -2.14. The molecule has 0 aliphatic carbocycles. The van der Waals surface area contributed by atoms with Crippen molar-refractivity contribution in [3.63, 3.8) is 0 Å². The number of hydrogen-bond acceptors (Lipinski definition) is 4. The van der Waals surface area contributed by atoms with Crippen LogP contribution in [0.4, 0.5) is 5.69 Å². The summed E-state index contributed by atoms with van der Waals surface area (Å²) in [5, 5.41) is 5.80. The molecule has 1 amide bonds. The molecule has 0 unspecified atom stereocenters. The van der Waals surface area contributed by atoms with E-state index in [1.807, 2.05) is 31.2 Å². The van der Waals surface area contributed by atoms with Gasteiger partial charge in [0.2, 0.25) is 0 Å². The zero-order valence-electron chi connectivity index (χ0n) is 14.0. The van der Waals surface area contributed by atoms with E-state index in [1.165, 1.54) is 0 Å². The first kappa shape index (κ1) is 19.2. The van der Waals surface area contributed by atoms with Crippen molar-refractivity contribution in [2.75, 3.05) is 19.0 Å². The van der Waals surface area contributed by atoms with Gasteiger partial charge in [0.05, 0.1) is 25.0 Å². The van der Waals surface area contributed by atoms with Gasteiger partial charge in [-0.3, -0.25) is 10.1 Å². The van der Waals surface area contributed by atoms with Gasteiger partial charge in [-0.15, -0.1) is 0 Å². The zero-order chi connectivity index (χ0) is 18.2. The summed E-state index contributed by atoms with van der Waals surface area (Å²) in [6.07, 6.45) is 0.852. The standard InChI is InChI=1S/C18H19BrN2O3S/c1-3-10-24-15-9-8-12(19)11-13(15)17(22)21-18(25)20-14-6-4-5-7-16(14)23-2/h4-9,11H,3,10H2,1-2H3,(H2,20,21,22,25). The van der Waals surface area contributed by atoms with Crippen LogP contribution in [-0.2, 0) is 0 Å². The Hall–Kier alpha value is -2.12. The smallest absolute Gasteiger partial charge is 0.261 e. The van der Waals surface area contributed by atoms with E-state index in [9.17, 15) is 4.79 Å². The van der Waals surface area contributed by atoms with Gasteiger partial charge in [0.25, 0.3) is 5.91 Å². The van der Waals surface area contributed by atoms with Crippen LogP contribution >= 0.6 is 28.1 Å². The third-order valence-corrected chi connectivity index (χ3v) is 3.93. The first-order valence-corrected chi connectivity index (χ1v) is 8.93.